The van der Waals surface area contributed by atoms with Gasteiger partial charge in [-0.2, -0.15) is 9.30 Å². The summed E-state index contributed by atoms with van der Waals surface area (Å²) >= 11 is 1.19. The molecule has 1 aromatic heterocycles. The fourth-order valence-electron chi connectivity index (χ4n) is 4.19. The van der Waals surface area contributed by atoms with Gasteiger partial charge in [-0.1, -0.05) is 41.7 Å². The molecule has 216 valence electrons. The van der Waals surface area contributed by atoms with Gasteiger partial charge in [-0.25, -0.2) is 8.42 Å². The third-order valence-electron chi connectivity index (χ3n) is 6.37. The van der Waals surface area contributed by atoms with Crippen molar-refractivity contribution >= 4 is 43.5 Å². The number of aromatic nitrogens is 1. The van der Waals surface area contributed by atoms with Crippen molar-refractivity contribution < 1.29 is 32.2 Å². The van der Waals surface area contributed by atoms with E-state index in [0.717, 1.165) is 5.56 Å². The van der Waals surface area contributed by atoms with Gasteiger partial charge in [-0.15, -0.1) is 0 Å². The van der Waals surface area contributed by atoms with Crippen molar-refractivity contribution in [2.75, 3.05) is 21.3 Å². The van der Waals surface area contributed by atoms with E-state index in [0.29, 0.717) is 21.7 Å². The fraction of sp³-hybridized carbons (Fsp3) is 0.276. The molecular weight excluding hydrogens is 566 g/mol. The summed E-state index contributed by atoms with van der Waals surface area (Å²) in [6.45, 7) is 3.67. The van der Waals surface area contributed by atoms with Crippen LogP contribution in [0.15, 0.2) is 76.6 Å². The van der Waals surface area contributed by atoms with Crippen molar-refractivity contribution in [2.24, 2.45) is 4.99 Å². The molecule has 4 rings (SSSR count). The number of hydrogen-bond acceptors (Lipinski definition) is 8. The standard InChI is InChI=1S/C29H31N3O7S2/c1-19(2)32(17-20-9-7-6-8-10-20)41(35,36)22-13-11-21(12-14-22)28(34)30-29-31(18-27(33)39-5)23-15-24(37-3)25(38-4)16-26(23)40-29/h6-16,19H,17-18H2,1-5H3. The first-order valence-corrected chi connectivity index (χ1v) is 14.9. The number of thiazole rings is 1. The number of fused-ring (bicyclic) bond motifs is 1. The van der Waals surface area contributed by atoms with Crippen molar-refractivity contribution in [2.45, 2.75) is 37.9 Å². The van der Waals surface area contributed by atoms with Crippen LogP contribution in [0.2, 0.25) is 0 Å². The normalized spacial score (nSPS) is 12.2. The van der Waals surface area contributed by atoms with E-state index in [1.807, 2.05) is 44.2 Å². The quantitative estimate of drug-likeness (QED) is 0.251. The zero-order chi connectivity index (χ0) is 29.7. The minimum Gasteiger partial charge on any atom is -0.493 e. The van der Waals surface area contributed by atoms with Gasteiger partial charge >= 0.3 is 5.97 Å². The third-order valence-corrected chi connectivity index (χ3v) is 9.44. The average molecular weight is 598 g/mol. The van der Waals surface area contributed by atoms with Crippen LogP contribution in [0.25, 0.3) is 10.2 Å². The number of carbonyl (C=O) groups is 2. The highest BCUT2D eigenvalue weighted by molar-refractivity contribution is 7.89. The SMILES string of the molecule is COC(=O)Cn1c(=NC(=O)c2ccc(S(=O)(=O)N(Cc3ccccc3)C(C)C)cc2)sc2cc(OC)c(OC)cc21. The van der Waals surface area contributed by atoms with Gasteiger partial charge < -0.3 is 18.8 Å². The minimum absolute atomic E-state index is 0.0699. The maximum absolute atomic E-state index is 13.5. The predicted molar refractivity (Wildman–Crippen MR) is 156 cm³/mol. The van der Waals surface area contributed by atoms with Crippen molar-refractivity contribution in [3.05, 3.63) is 82.7 Å². The first-order chi connectivity index (χ1) is 19.6. The molecule has 0 atom stereocenters. The molecule has 4 aromatic rings. The van der Waals surface area contributed by atoms with E-state index in [-0.39, 0.29) is 34.4 Å². The Kier molecular flexibility index (Phi) is 9.26. The summed E-state index contributed by atoms with van der Waals surface area (Å²) in [5.41, 5.74) is 1.67. The van der Waals surface area contributed by atoms with Gasteiger partial charge in [0.25, 0.3) is 5.91 Å². The van der Waals surface area contributed by atoms with Crippen molar-refractivity contribution in [1.82, 2.24) is 8.87 Å². The molecule has 0 aliphatic heterocycles. The van der Waals surface area contributed by atoms with Gasteiger partial charge in [0.1, 0.15) is 6.54 Å². The zero-order valence-electron chi connectivity index (χ0n) is 23.4. The second-order valence-corrected chi connectivity index (χ2v) is 12.2. The van der Waals surface area contributed by atoms with E-state index in [9.17, 15) is 18.0 Å². The maximum atomic E-state index is 13.5. The van der Waals surface area contributed by atoms with Crippen LogP contribution in [0.5, 0.6) is 11.5 Å². The van der Waals surface area contributed by atoms with Gasteiger partial charge in [-0.05, 0) is 43.7 Å². The number of carbonyl (C=O) groups excluding carboxylic acids is 2. The molecule has 41 heavy (non-hydrogen) atoms. The molecule has 1 amide bonds. The van der Waals surface area contributed by atoms with Gasteiger partial charge in [0.15, 0.2) is 16.3 Å². The van der Waals surface area contributed by atoms with Crippen LogP contribution in [0, 0.1) is 0 Å². The van der Waals surface area contributed by atoms with Crippen LogP contribution in [-0.2, 0) is 32.6 Å². The average Bonchev–Trinajstić information content (AvgIpc) is 3.30. The van der Waals surface area contributed by atoms with E-state index in [1.165, 1.54) is 61.2 Å². The molecule has 3 aromatic carbocycles. The lowest BCUT2D eigenvalue weighted by atomic mass is 10.2. The molecule has 0 unspecified atom stereocenters. The van der Waals surface area contributed by atoms with Gasteiger partial charge in [0, 0.05) is 30.3 Å². The number of amides is 1. The minimum atomic E-state index is -3.84. The van der Waals surface area contributed by atoms with E-state index in [1.54, 1.807) is 16.7 Å². The molecule has 0 spiro atoms. The highest BCUT2D eigenvalue weighted by Gasteiger charge is 2.27. The number of benzene rings is 3. The molecule has 0 saturated heterocycles. The largest absolute Gasteiger partial charge is 0.493 e. The molecular formula is C29H31N3O7S2. The van der Waals surface area contributed by atoms with Crippen molar-refractivity contribution in [1.29, 1.82) is 0 Å². The predicted octanol–water partition coefficient (Wildman–Crippen LogP) is 4.23. The maximum Gasteiger partial charge on any atom is 0.325 e. The Labute approximate surface area is 242 Å². The second kappa shape index (κ2) is 12.7. The second-order valence-electron chi connectivity index (χ2n) is 9.29. The Morgan fingerprint density at radius 1 is 0.951 bits per heavy atom. The van der Waals surface area contributed by atoms with Crippen molar-refractivity contribution in [3.8, 4) is 11.5 Å². The van der Waals surface area contributed by atoms with E-state index in [4.69, 9.17) is 14.2 Å². The summed E-state index contributed by atoms with van der Waals surface area (Å²) in [4.78, 5) is 30.0. The van der Waals surface area contributed by atoms with Crippen LogP contribution in [-0.4, -0.2) is 56.5 Å². The topological polar surface area (TPSA) is 117 Å². The highest BCUT2D eigenvalue weighted by Crippen LogP contribution is 2.33. The van der Waals surface area contributed by atoms with Gasteiger partial charge in [-0.3, -0.25) is 9.59 Å². The van der Waals surface area contributed by atoms with E-state index >= 15 is 0 Å². The van der Waals surface area contributed by atoms with Crippen LogP contribution < -0.4 is 14.3 Å². The summed E-state index contributed by atoms with van der Waals surface area (Å²) < 4.78 is 46.3. The molecule has 0 bridgehead atoms. The zero-order valence-corrected chi connectivity index (χ0v) is 25.0. The van der Waals surface area contributed by atoms with Gasteiger partial charge in [0.05, 0.1) is 36.4 Å². The summed E-state index contributed by atoms with van der Waals surface area (Å²) in [5, 5.41) is 0. The Morgan fingerprint density at radius 3 is 2.17 bits per heavy atom. The van der Waals surface area contributed by atoms with Crippen LogP contribution in [0.3, 0.4) is 0 Å². The number of sulfonamides is 1. The van der Waals surface area contributed by atoms with Gasteiger partial charge in [0.2, 0.25) is 10.0 Å². The molecule has 0 fully saturated rings. The summed E-state index contributed by atoms with van der Waals surface area (Å²) in [6, 6.07) is 18.2. The summed E-state index contributed by atoms with van der Waals surface area (Å²) in [5.74, 6) is -0.172. The molecule has 12 heteroatoms. The summed E-state index contributed by atoms with van der Waals surface area (Å²) in [6.07, 6.45) is 0. The monoisotopic (exact) mass is 597 g/mol. The Hall–Kier alpha value is -4.00. The Morgan fingerprint density at radius 2 is 1.59 bits per heavy atom. The van der Waals surface area contributed by atoms with Crippen LogP contribution >= 0.6 is 11.3 Å². The molecule has 0 aliphatic carbocycles. The highest BCUT2D eigenvalue weighted by atomic mass is 32.2. The Balaban J connectivity index is 1.69. The van der Waals surface area contributed by atoms with Crippen LogP contribution in [0.4, 0.5) is 0 Å². The molecule has 0 N–H and O–H groups in total. The lowest BCUT2D eigenvalue weighted by Gasteiger charge is -2.26. The smallest absolute Gasteiger partial charge is 0.325 e. The van der Waals surface area contributed by atoms with Crippen LogP contribution in [0.1, 0.15) is 29.8 Å². The molecule has 0 saturated carbocycles. The first-order valence-electron chi connectivity index (χ1n) is 12.7. The Bertz CT molecular complexity index is 1730. The number of methoxy groups -OCH3 is 3. The first kappa shape index (κ1) is 30.0. The number of esters is 1. The lowest BCUT2D eigenvalue weighted by molar-refractivity contribution is -0.141. The van der Waals surface area contributed by atoms with E-state index < -0.39 is 21.9 Å². The number of ether oxygens (including phenoxy) is 3. The van der Waals surface area contributed by atoms with E-state index in [2.05, 4.69) is 4.99 Å². The number of nitrogens with zero attached hydrogens (tertiary/aromatic N) is 3. The molecule has 1 heterocycles. The van der Waals surface area contributed by atoms with Crippen molar-refractivity contribution in [3.63, 3.8) is 0 Å². The lowest BCUT2D eigenvalue weighted by Crippen LogP contribution is -2.36. The number of hydrogen-bond donors (Lipinski definition) is 0. The molecule has 0 radical (unpaired) electrons. The fourth-order valence-corrected chi connectivity index (χ4v) is 6.86. The number of rotatable bonds is 10. The molecule has 0 aliphatic rings. The summed E-state index contributed by atoms with van der Waals surface area (Å²) in [7, 11) is 0.453. The third kappa shape index (κ3) is 6.50. The molecule has 10 nitrogen and oxygen atoms in total.